The average molecular weight is 432 g/mol. The van der Waals surface area contributed by atoms with Gasteiger partial charge in [0.05, 0.1) is 4.90 Å². The number of carbonyl (C=O) groups excluding carboxylic acids is 1. The van der Waals surface area contributed by atoms with Crippen LogP contribution in [0.4, 0.5) is 0 Å². The Balaban J connectivity index is 1.85. The molecule has 0 fully saturated rings. The number of nitrogens with zero attached hydrogens (tertiary/aromatic N) is 1. The normalized spacial score (nSPS) is 16.9. The molecule has 1 unspecified atom stereocenters. The number of benzene rings is 3. The molecule has 31 heavy (non-hydrogen) atoms. The molecule has 0 bridgehead atoms. The number of hydrogen-bond donors (Lipinski definition) is 0. The molecular weight excluding hydrogens is 406 g/mol. The third-order valence-electron chi connectivity index (χ3n) is 5.50. The first kappa shape index (κ1) is 21.2. The maximum Gasteiger partial charge on any atom is 0.244 e. The molecule has 1 aliphatic heterocycles. The quantitative estimate of drug-likeness (QED) is 0.526. The van der Waals surface area contributed by atoms with Crippen LogP contribution in [0.25, 0.3) is 16.3 Å². The SMILES string of the molecule is CC(C)=CC(=O)C1C(c2cccc3ccccc23)=CCN1S(=O)(=O)c1ccc(C)cc1. The van der Waals surface area contributed by atoms with Crippen LogP contribution in [0, 0.1) is 6.92 Å². The number of ketones is 1. The molecule has 1 heterocycles. The Bertz CT molecular complexity index is 1310. The lowest BCUT2D eigenvalue weighted by atomic mass is 9.92. The molecule has 3 aromatic carbocycles. The zero-order valence-electron chi connectivity index (χ0n) is 17.9. The molecular formula is C26H25NO3S. The highest BCUT2D eigenvalue weighted by atomic mass is 32.2. The molecule has 1 aliphatic rings. The number of aryl methyl sites for hydroxylation is 1. The summed E-state index contributed by atoms with van der Waals surface area (Å²) in [5.74, 6) is -0.229. The van der Waals surface area contributed by atoms with Crippen molar-refractivity contribution in [2.24, 2.45) is 0 Å². The van der Waals surface area contributed by atoms with E-state index in [1.54, 1.807) is 24.3 Å². The highest BCUT2D eigenvalue weighted by Gasteiger charge is 2.41. The summed E-state index contributed by atoms with van der Waals surface area (Å²) in [7, 11) is -3.85. The van der Waals surface area contributed by atoms with Crippen LogP contribution in [0.2, 0.25) is 0 Å². The lowest BCUT2D eigenvalue weighted by Crippen LogP contribution is -2.41. The van der Waals surface area contributed by atoms with Gasteiger partial charge in [0.15, 0.2) is 5.78 Å². The average Bonchev–Trinajstić information content (AvgIpc) is 3.19. The van der Waals surface area contributed by atoms with E-state index in [0.717, 1.165) is 33.0 Å². The summed E-state index contributed by atoms with van der Waals surface area (Å²) in [5, 5.41) is 2.05. The van der Waals surface area contributed by atoms with Gasteiger partial charge in [0, 0.05) is 6.54 Å². The zero-order valence-corrected chi connectivity index (χ0v) is 18.7. The molecule has 1 atom stereocenters. The first-order valence-electron chi connectivity index (χ1n) is 10.2. The van der Waals surface area contributed by atoms with Crippen molar-refractivity contribution in [3.8, 4) is 0 Å². The van der Waals surface area contributed by atoms with Crippen molar-refractivity contribution in [2.75, 3.05) is 6.54 Å². The van der Waals surface area contributed by atoms with Gasteiger partial charge < -0.3 is 0 Å². The van der Waals surface area contributed by atoms with Gasteiger partial charge >= 0.3 is 0 Å². The van der Waals surface area contributed by atoms with Gasteiger partial charge in [-0.25, -0.2) is 8.42 Å². The molecule has 5 heteroatoms. The molecule has 0 radical (unpaired) electrons. The molecule has 0 amide bonds. The minimum atomic E-state index is -3.85. The van der Waals surface area contributed by atoms with E-state index in [1.165, 1.54) is 10.4 Å². The zero-order chi connectivity index (χ0) is 22.2. The van der Waals surface area contributed by atoms with Crippen molar-refractivity contribution in [3.63, 3.8) is 0 Å². The van der Waals surface area contributed by atoms with Crippen LogP contribution < -0.4 is 0 Å². The summed E-state index contributed by atoms with van der Waals surface area (Å²) in [6.45, 7) is 5.75. The first-order valence-corrected chi connectivity index (χ1v) is 11.7. The van der Waals surface area contributed by atoms with E-state index in [-0.39, 0.29) is 17.2 Å². The second-order valence-electron chi connectivity index (χ2n) is 8.10. The van der Waals surface area contributed by atoms with Crippen LogP contribution in [-0.2, 0) is 14.8 Å². The van der Waals surface area contributed by atoms with Crippen molar-refractivity contribution >= 4 is 32.2 Å². The van der Waals surface area contributed by atoms with Crippen molar-refractivity contribution in [1.29, 1.82) is 0 Å². The monoisotopic (exact) mass is 431 g/mol. The van der Waals surface area contributed by atoms with Crippen LogP contribution in [-0.4, -0.2) is 31.1 Å². The smallest absolute Gasteiger partial charge is 0.244 e. The molecule has 0 spiro atoms. The fourth-order valence-corrected chi connectivity index (χ4v) is 5.55. The predicted molar refractivity (Wildman–Crippen MR) is 125 cm³/mol. The summed E-state index contributed by atoms with van der Waals surface area (Å²) in [6, 6.07) is 19.7. The second kappa shape index (κ2) is 8.25. The summed E-state index contributed by atoms with van der Waals surface area (Å²) >= 11 is 0. The van der Waals surface area contributed by atoms with Gasteiger partial charge in [0.1, 0.15) is 6.04 Å². The number of sulfonamides is 1. The number of carbonyl (C=O) groups is 1. The number of hydrogen-bond acceptors (Lipinski definition) is 3. The van der Waals surface area contributed by atoms with Gasteiger partial charge in [-0.3, -0.25) is 4.79 Å². The topological polar surface area (TPSA) is 54.5 Å². The van der Waals surface area contributed by atoms with Gasteiger partial charge in [-0.2, -0.15) is 4.31 Å². The molecule has 0 aromatic heterocycles. The number of fused-ring (bicyclic) bond motifs is 1. The Kier molecular flexibility index (Phi) is 5.65. The molecule has 0 aliphatic carbocycles. The molecule has 3 aromatic rings. The van der Waals surface area contributed by atoms with Gasteiger partial charge in [0.25, 0.3) is 0 Å². The summed E-state index contributed by atoms with van der Waals surface area (Å²) in [4.78, 5) is 13.5. The van der Waals surface area contributed by atoms with E-state index in [1.807, 2.05) is 69.3 Å². The third-order valence-corrected chi connectivity index (χ3v) is 7.35. The van der Waals surface area contributed by atoms with Crippen LogP contribution >= 0.6 is 0 Å². The number of rotatable bonds is 5. The maximum absolute atomic E-state index is 13.5. The minimum absolute atomic E-state index is 0.155. The third kappa shape index (κ3) is 3.99. The molecule has 4 nitrogen and oxygen atoms in total. The largest absolute Gasteiger partial charge is 0.293 e. The van der Waals surface area contributed by atoms with Gasteiger partial charge in [-0.15, -0.1) is 0 Å². The Hall–Kier alpha value is -3.02. The van der Waals surface area contributed by atoms with E-state index in [9.17, 15) is 13.2 Å². The van der Waals surface area contributed by atoms with Crippen molar-refractivity contribution in [3.05, 3.63) is 95.6 Å². The highest BCUT2D eigenvalue weighted by Crippen LogP contribution is 2.36. The molecule has 0 saturated carbocycles. The van der Waals surface area contributed by atoms with Crippen molar-refractivity contribution < 1.29 is 13.2 Å². The molecule has 4 rings (SSSR count). The summed E-state index contributed by atoms with van der Waals surface area (Å²) in [6.07, 6.45) is 3.40. The van der Waals surface area contributed by atoms with E-state index in [4.69, 9.17) is 0 Å². The van der Waals surface area contributed by atoms with E-state index in [0.29, 0.717) is 0 Å². The lowest BCUT2D eigenvalue weighted by Gasteiger charge is -2.25. The van der Waals surface area contributed by atoms with Crippen LogP contribution in [0.3, 0.4) is 0 Å². The highest BCUT2D eigenvalue weighted by molar-refractivity contribution is 7.89. The van der Waals surface area contributed by atoms with Crippen molar-refractivity contribution in [2.45, 2.75) is 31.7 Å². The van der Waals surface area contributed by atoms with Crippen LogP contribution in [0.1, 0.15) is 25.0 Å². The Morgan fingerprint density at radius 3 is 2.35 bits per heavy atom. The minimum Gasteiger partial charge on any atom is -0.293 e. The molecule has 158 valence electrons. The van der Waals surface area contributed by atoms with E-state index in [2.05, 4.69) is 0 Å². The molecule has 0 saturated heterocycles. The van der Waals surface area contributed by atoms with E-state index >= 15 is 0 Å². The van der Waals surface area contributed by atoms with Crippen LogP contribution in [0.15, 0.2) is 89.4 Å². The number of allylic oxidation sites excluding steroid dienone is 1. The Labute approximate surface area is 183 Å². The second-order valence-corrected chi connectivity index (χ2v) is 9.99. The fourth-order valence-electron chi connectivity index (χ4n) is 4.04. The van der Waals surface area contributed by atoms with Gasteiger partial charge in [0.2, 0.25) is 10.0 Å². The van der Waals surface area contributed by atoms with Gasteiger partial charge in [-0.05, 0) is 60.9 Å². The molecule has 0 N–H and O–H groups in total. The predicted octanol–water partition coefficient (Wildman–Crippen LogP) is 5.14. The van der Waals surface area contributed by atoms with Crippen molar-refractivity contribution in [1.82, 2.24) is 4.31 Å². The fraction of sp³-hybridized carbons (Fsp3) is 0.192. The standard InChI is InChI=1S/C26H25NO3S/c1-18(2)17-25(28)26-24(23-10-6-8-20-7-4-5-9-22(20)23)15-16-27(26)31(29,30)21-13-11-19(3)12-14-21/h4-15,17,26H,16H2,1-3H3. The maximum atomic E-state index is 13.5. The Morgan fingerprint density at radius 1 is 0.968 bits per heavy atom. The summed E-state index contributed by atoms with van der Waals surface area (Å²) < 4.78 is 28.3. The summed E-state index contributed by atoms with van der Waals surface area (Å²) in [5.41, 5.74) is 3.43. The lowest BCUT2D eigenvalue weighted by molar-refractivity contribution is -0.116. The Morgan fingerprint density at radius 2 is 1.65 bits per heavy atom. The van der Waals surface area contributed by atoms with Crippen LogP contribution in [0.5, 0.6) is 0 Å². The first-order chi connectivity index (χ1) is 14.8. The van der Waals surface area contributed by atoms with E-state index < -0.39 is 16.1 Å². The van der Waals surface area contributed by atoms with Gasteiger partial charge in [-0.1, -0.05) is 71.8 Å².